The van der Waals surface area contributed by atoms with Crippen molar-refractivity contribution in [3.05, 3.63) is 30.6 Å². The Labute approximate surface area is 106 Å². The second kappa shape index (κ2) is 5.00. The lowest BCUT2D eigenvalue weighted by Gasteiger charge is -2.13. The zero-order valence-electron chi connectivity index (χ0n) is 10.8. The summed E-state index contributed by atoms with van der Waals surface area (Å²) < 4.78 is 12.5. The highest BCUT2D eigenvalue weighted by molar-refractivity contribution is 5.57. The Hall–Kier alpha value is -2.17. The van der Waals surface area contributed by atoms with E-state index in [4.69, 9.17) is 15.2 Å². The van der Waals surface area contributed by atoms with Crippen molar-refractivity contribution in [1.82, 2.24) is 9.78 Å². The largest absolute Gasteiger partial charge is 0.493 e. The summed E-state index contributed by atoms with van der Waals surface area (Å²) >= 11 is 0. The molecular weight excluding hydrogens is 230 g/mol. The standard InChI is InChI=1S/C13H17N3O2/c1-9(2)18-13-6-10(4-5-12(13)14)16-8-11(17-3)7-15-16/h4-9H,14H2,1-3H3. The van der Waals surface area contributed by atoms with Crippen LogP contribution < -0.4 is 15.2 Å². The fourth-order valence-electron chi connectivity index (χ4n) is 1.57. The van der Waals surface area contributed by atoms with E-state index in [9.17, 15) is 0 Å². The Morgan fingerprint density at radius 1 is 1.33 bits per heavy atom. The van der Waals surface area contributed by atoms with Crippen LogP contribution in [0.15, 0.2) is 30.6 Å². The monoisotopic (exact) mass is 247 g/mol. The Kier molecular flexibility index (Phi) is 3.41. The molecule has 96 valence electrons. The van der Waals surface area contributed by atoms with E-state index >= 15 is 0 Å². The van der Waals surface area contributed by atoms with E-state index < -0.39 is 0 Å². The molecule has 0 aliphatic rings. The summed E-state index contributed by atoms with van der Waals surface area (Å²) in [5, 5.41) is 4.20. The van der Waals surface area contributed by atoms with Crippen LogP contribution in [0.1, 0.15) is 13.8 Å². The summed E-state index contributed by atoms with van der Waals surface area (Å²) in [6.45, 7) is 3.92. The second-order valence-corrected chi connectivity index (χ2v) is 4.21. The molecule has 0 aliphatic heterocycles. The second-order valence-electron chi connectivity index (χ2n) is 4.21. The highest BCUT2D eigenvalue weighted by Crippen LogP contribution is 2.26. The Morgan fingerprint density at radius 2 is 2.11 bits per heavy atom. The summed E-state index contributed by atoms with van der Waals surface area (Å²) in [7, 11) is 1.61. The van der Waals surface area contributed by atoms with Gasteiger partial charge in [-0.05, 0) is 26.0 Å². The number of benzene rings is 1. The van der Waals surface area contributed by atoms with Crippen molar-refractivity contribution in [2.24, 2.45) is 0 Å². The van der Waals surface area contributed by atoms with Crippen molar-refractivity contribution in [2.45, 2.75) is 20.0 Å². The minimum Gasteiger partial charge on any atom is -0.493 e. The number of nitrogen functional groups attached to an aromatic ring is 1. The average molecular weight is 247 g/mol. The third-order valence-electron chi connectivity index (χ3n) is 2.42. The molecule has 0 aliphatic carbocycles. The maximum absolute atomic E-state index is 5.87. The molecule has 2 rings (SSSR count). The lowest BCUT2D eigenvalue weighted by Crippen LogP contribution is -2.08. The van der Waals surface area contributed by atoms with E-state index in [2.05, 4.69) is 5.10 Å². The molecule has 2 aromatic rings. The van der Waals surface area contributed by atoms with Crippen LogP contribution in [0.4, 0.5) is 5.69 Å². The van der Waals surface area contributed by atoms with Crippen LogP contribution in [0.3, 0.4) is 0 Å². The molecular formula is C13H17N3O2. The predicted octanol–water partition coefficient (Wildman–Crippen LogP) is 2.25. The Morgan fingerprint density at radius 3 is 2.72 bits per heavy atom. The molecule has 0 radical (unpaired) electrons. The van der Waals surface area contributed by atoms with Gasteiger partial charge in [0.2, 0.25) is 0 Å². The van der Waals surface area contributed by atoms with Crippen LogP contribution >= 0.6 is 0 Å². The van der Waals surface area contributed by atoms with Gasteiger partial charge < -0.3 is 15.2 Å². The highest BCUT2D eigenvalue weighted by Gasteiger charge is 2.07. The molecule has 0 bridgehead atoms. The Balaban J connectivity index is 2.33. The highest BCUT2D eigenvalue weighted by atomic mass is 16.5. The van der Waals surface area contributed by atoms with Crippen molar-refractivity contribution < 1.29 is 9.47 Å². The van der Waals surface area contributed by atoms with E-state index in [0.29, 0.717) is 17.2 Å². The van der Waals surface area contributed by atoms with Gasteiger partial charge in [-0.1, -0.05) is 0 Å². The number of hydrogen-bond acceptors (Lipinski definition) is 4. The quantitative estimate of drug-likeness (QED) is 0.842. The van der Waals surface area contributed by atoms with Crippen LogP contribution in [0.2, 0.25) is 0 Å². The summed E-state index contributed by atoms with van der Waals surface area (Å²) in [4.78, 5) is 0. The molecule has 0 amide bonds. The van der Waals surface area contributed by atoms with Crippen LogP contribution in [0.25, 0.3) is 5.69 Å². The van der Waals surface area contributed by atoms with Crippen LogP contribution in [-0.2, 0) is 0 Å². The molecule has 1 heterocycles. The summed E-state index contributed by atoms with van der Waals surface area (Å²) in [5.41, 5.74) is 7.36. The van der Waals surface area contributed by atoms with Crippen molar-refractivity contribution in [3.8, 4) is 17.2 Å². The number of methoxy groups -OCH3 is 1. The predicted molar refractivity (Wildman–Crippen MR) is 70.3 cm³/mol. The number of nitrogens with two attached hydrogens (primary N) is 1. The normalized spacial score (nSPS) is 10.7. The molecule has 0 saturated heterocycles. The molecule has 1 aromatic carbocycles. The van der Waals surface area contributed by atoms with Crippen LogP contribution in [0, 0.1) is 0 Å². The molecule has 0 saturated carbocycles. The van der Waals surface area contributed by atoms with E-state index in [1.807, 2.05) is 26.0 Å². The first-order chi connectivity index (χ1) is 8.60. The number of nitrogens with zero attached hydrogens (tertiary/aromatic N) is 2. The first-order valence-electron chi connectivity index (χ1n) is 5.75. The molecule has 18 heavy (non-hydrogen) atoms. The van der Waals surface area contributed by atoms with Crippen LogP contribution in [0.5, 0.6) is 11.5 Å². The van der Waals surface area contributed by atoms with Gasteiger partial charge in [-0.15, -0.1) is 0 Å². The van der Waals surface area contributed by atoms with Crippen molar-refractivity contribution >= 4 is 5.69 Å². The van der Waals surface area contributed by atoms with Gasteiger partial charge in [-0.2, -0.15) is 5.10 Å². The molecule has 5 nitrogen and oxygen atoms in total. The molecule has 0 unspecified atom stereocenters. The van der Waals surface area contributed by atoms with E-state index in [0.717, 1.165) is 5.69 Å². The minimum absolute atomic E-state index is 0.0784. The maximum atomic E-state index is 5.87. The zero-order chi connectivity index (χ0) is 13.1. The number of anilines is 1. The third kappa shape index (κ3) is 2.56. The number of hydrogen-bond donors (Lipinski definition) is 1. The first kappa shape index (κ1) is 12.3. The summed E-state index contributed by atoms with van der Waals surface area (Å²) in [5.74, 6) is 1.37. The van der Waals surface area contributed by atoms with Gasteiger partial charge in [0, 0.05) is 6.07 Å². The van der Waals surface area contributed by atoms with Gasteiger partial charge in [-0.3, -0.25) is 0 Å². The minimum atomic E-state index is 0.0784. The van der Waals surface area contributed by atoms with Gasteiger partial charge in [0.05, 0.1) is 37.0 Å². The van der Waals surface area contributed by atoms with Gasteiger partial charge >= 0.3 is 0 Å². The van der Waals surface area contributed by atoms with Crippen molar-refractivity contribution in [2.75, 3.05) is 12.8 Å². The van der Waals surface area contributed by atoms with Gasteiger partial charge in [0.15, 0.2) is 5.75 Å². The number of rotatable bonds is 4. The molecule has 0 fully saturated rings. The maximum Gasteiger partial charge on any atom is 0.157 e. The number of ether oxygens (including phenoxy) is 2. The molecule has 5 heteroatoms. The molecule has 2 N–H and O–H groups in total. The molecule has 0 spiro atoms. The van der Waals surface area contributed by atoms with Gasteiger partial charge in [0.1, 0.15) is 5.75 Å². The summed E-state index contributed by atoms with van der Waals surface area (Å²) in [6.07, 6.45) is 3.53. The fourth-order valence-corrected chi connectivity index (χ4v) is 1.57. The fraction of sp³-hybridized carbons (Fsp3) is 0.308. The summed E-state index contributed by atoms with van der Waals surface area (Å²) in [6, 6.07) is 5.55. The molecule has 0 atom stereocenters. The zero-order valence-corrected chi connectivity index (χ0v) is 10.8. The SMILES string of the molecule is COc1cnn(-c2ccc(N)c(OC(C)C)c2)c1. The van der Waals surface area contributed by atoms with Crippen molar-refractivity contribution in [3.63, 3.8) is 0 Å². The third-order valence-corrected chi connectivity index (χ3v) is 2.42. The van der Waals surface area contributed by atoms with E-state index in [1.54, 1.807) is 30.3 Å². The molecule has 1 aromatic heterocycles. The van der Waals surface area contributed by atoms with Crippen LogP contribution in [-0.4, -0.2) is 23.0 Å². The van der Waals surface area contributed by atoms with E-state index in [-0.39, 0.29) is 6.10 Å². The average Bonchev–Trinajstić information content (AvgIpc) is 2.80. The topological polar surface area (TPSA) is 62.3 Å². The van der Waals surface area contributed by atoms with Crippen molar-refractivity contribution in [1.29, 1.82) is 0 Å². The van der Waals surface area contributed by atoms with Gasteiger partial charge in [0.25, 0.3) is 0 Å². The Bertz CT molecular complexity index is 535. The lowest BCUT2D eigenvalue weighted by atomic mass is 10.2. The number of aromatic nitrogens is 2. The van der Waals surface area contributed by atoms with Gasteiger partial charge in [-0.25, -0.2) is 4.68 Å². The smallest absolute Gasteiger partial charge is 0.157 e. The van der Waals surface area contributed by atoms with E-state index in [1.165, 1.54) is 0 Å². The lowest BCUT2D eigenvalue weighted by molar-refractivity contribution is 0.244. The first-order valence-corrected chi connectivity index (χ1v) is 5.75.